The molecule has 0 bridgehead atoms. The van der Waals surface area contributed by atoms with Gasteiger partial charge in [0.15, 0.2) is 24.8 Å². The Hall–Kier alpha value is -4.90. The molecule has 10 atom stereocenters. The molecule has 0 aliphatic carbocycles. The van der Waals surface area contributed by atoms with Gasteiger partial charge in [-0.15, -0.1) is 0 Å². The molecule has 2 fully saturated rings. The van der Waals surface area contributed by atoms with Crippen molar-refractivity contribution in [1.82, 2.24) is 0 Å². The number of rotatable bonds is 18. The number of hydrogen-bond donors (Lipinski definition) is 0. The highest BCUT2D eigenvalue weighted by Crippen LogP contribution is 2.34. The van der Waals surface area contributed by atoms with Crippen LogP contribution in [0, 0.1) is 0 Å². The van der Waals surface area contributed by atoms with Gasteiger partial charge in [-0.2, -0.15) is 0 Å². The van der Waals surface area contributed by atoms with Crippen molar-refractivity contribution in [3.63, 3.8) is 0 Å². The molecule has 2 heterocycles. The lowest BCUT2D eigenvalue weighted by Crippen LogP contribution is -2.63. The highest BCUT2D eigenvalue weighted by molar-refractivity contribution is 5.68. The van der Waals surface area contributed by atoms with Gasteiger partial charge in [-0.05, 0) is 22.2 Å². The maximum absolute atomic E-state index is 12.3. The maximum Gasteiger partial charge on any atom is 0.303 e. The Kier molecular flexibility index (Phi) is 16.2. The summed E-state index contributed by atoms with van der Waals surface area (Å²) in [5.74, 6) is -2.14. The number of esters is 3. The van der Waals surface area contributed by atoms with Gasteiger partial charge in [-0.3, -0.25) is 14.4 Å². The maximum atomic E-state index is 12.3. The van der Waals surface area contributed by atoms with Crippen molar-refractivity contribution < 1.29 is 61.8 Å². The molecule has 16 heteroatoms. The van der Waals surface area contributed by atoms with E-state index in [-0.39, 0.29) is 26.4 Å². The van der Waals surface area contributed by atoms with Crippen LogP contribution in [0.15, 0.2) is 96.1 Å². The van der Waals surface area contributed by atoms with Gasteiger partial charge in [0.1, 0.15) is 43.2 Å². The fourth-order valence-electron chi connectivity index (χ4n) is 6.46. The summed E-state index contributed by atoms with van der Waals surface area (Å²) in [6.07, 6.45) is -9.61. The molecule has 2 aliphatic heterocycles. The second-order valence-electron chi connectivity index (χ2n) is 13.1. The van der Waals surface area contributed by atoms with Crippen LogP contribution in [0.1, 0.15) is 37.5 Å². The molecule has 300 valence electrons. The summed E-state index contributed by atoms with van der Waals surface area (Å²) >= 11 is 0. The van der Waals surface area contributed by atoms with Gasteiger partial charge in [0.05, 0.1) is 26.4 Å². The van der Waals surface area contributed by atoms with Gasteiger partial charge in [0.25, 0.3) is 0 Å². The highest BCUT2D eigenvalue weighted by Gasteiger charge is 2.53. The molecule has 5 rings (SSSR count). The van der Waals surface area contributed by atoms with Gasteiger partial charge in [0, 0.05) is 32.8 Å². The zero-order valence-electron chi connectivity index (χ0n) is 31.6. The molecule has 0 radical (unpaired) electrons. The van der Waals surface area contributed by atoms with E-state index < -0.39 is 85.9 Å². The predicted octanol–water partition coefficient (Wildman–Crippen LogP) is 4.96. The van der Waals surface area contributed by atoms with Gasteiger partial charge in [0.2, 0.25) is 0 Å². The van der Waals surface area contributed by atoms with E-state index >= 15 is 0 Å². The number of nitrogens with zero attached hydrogens (tertiary/aromatic N) is 3. The first-order valence-electron chi connectivity index (χ1n) is 18.1. The molecule has 3 aromatic carbocycles. The summed E-state index contributed by atoms with van der Waals surface area (Å²) < 4.78 is 60.8. The second-order valence-corrected chi connectivity index (χ2v) is 13.1. The molecule has 0 aromatic heterocycles. The molecular formula is C40H47N3O13. The molecule has 0 spiro atoms. The van der Waals surface area contributed by atoms with Crippen LogP contribution < -0.4 is 0 Å². The number of carbonyl (C=O) groups is 3. The Bertz CT molecular complexity index is 1730. The third-order valence-electron chi connectivity index (χ3n) is 8.96. The van der Waals surface area contributed by atoms with Crippen LogP contribution >= 0.6 is 0 Å². The lowest BCUT2D eigenvalue weighted by Gasteiger charge is -2.47. The lowest BCUT2D eigenvalue weighted by molar-refractivity contribution is -0.334. The topological polar surface area (TPSA) is 192 Å². The average Bonchev–Trinajstić information content (AvgIpc) is 3.19. The molecule has 3 aromatic rings. The van der Waals surface area contributed by atoms with Crippen molar-refractivity contribution in [2.45, 2.75) is 102 Å². The molecular weight excluding hydrogens is 730 g/mol. The first-order chi connectivity index (χ1) is 27.2. The number of hydrogen-bond acceptors (Lipinski definition) is 14. The van der Waals surface area contributed by atoms with Gasteiger partial charge >= 0.3 is 17.9 Å². The van der Waals surface area contributed by atoms with Gasteiger partial charge in [-0.1, -0.05) is 96.1 Å². The summed E-state index contributed by atoms with van der Waals surface area (Å²) in [5.41, 5.74) is 12.3. The Morgan fingerprint density at radius 1 is 0.589 bits per heavy atom. The van der Waals surface area contributed by atoms with Crippen LogP contribution in [-0.4, -0.2) is 99.6 Å². The van der Waals surface area contributed by atoms with E-state index in [1.54, 1.807) is 0 Å². The van der Waals surface area contributed by atoms with Crippen LogP contribution in [0.3, 0.4) is 0 Å². The Morgan fingerprint density at radius 3 is 1.54 bits per heavy atom. The standard InChI is InChI=1S/C40H47N3O13/c1-25(44)48-23-32-35(53-26(2)45)36(54-27(3)46)33(42-43-41)39(55-32)52-24-31-34(49-20-28-14-8-5-9-15-28)37(50-21-29-16-10-6-11-17-29)38(40(47-4)56-31)51-22-30-18-12-7-13-19-30/h5-19,31-40H,20-24H2,1-4H3/t31-,32-,33-,34-,35+,36-,37+,38-,39-,40+/m1/s1. The largest absolute Gasteiger partial charge is 0.463 e. The molecule has 0 saturated carbocycles. The normalized spacial score (nSPS) is 27.4. The number of ether oxygens (including phenoxy) is 10. The van der Waals surface area contributed by atoms with Crippen LogP contribution in [0.4, 0.5) is 0 Å². The molecule has 16 nitrogen and oxygen atoms in total. The summed E-state index contributed by atoms with van der Waals surface area (Å²) in [4.78, 5) is 39.2. The van der Waals surface area contributed by atoms with E-state index in [0.717, 1.165) is 30.5 Å². The minimum absolute atomic E-state index is 0.171. The van der Waals surface area contributed by atoms with Crippen LogP contribution in [0.25, 0.3) is 10.4 Å². The quantitative estimate of drug-likeness (QED) is 0.0554. The summed E-state index contributed by atoms with van der Waals surface area (Å²) in [6.45, 7) is 3.42. The van der Waals surface area contributed by atoms with E-state index in [2.05, 4.69) is 10.0 Å². The number of benzene rings is 3. The molecule has 56 heavy (non-hydrogen) atoms. The van der Waals surface area contributed by atoms with Crippen molar-refractivity contribution in [3.8, 4) is 0 Å². The fourth-order valence-corrected chi connectivity index (χ4v) is 6.46. The fraction of sp³-hybridized carbons (Fsp3) is 0.475. The van der Waals surface area contributed by atoms with E-state index in [9.17, 15) is 19.9 Å². The highest BCUT2D eigenvalue weighted by atomic mass is 16.7. The first-order valence-corrected chi connectivity index (χ1v) is 18.1. The van der Waals surface area contributed by atoms with Crippen molar-refractivity contribution in [2.24, 2.45) is 5.11 Å². The van der Waals surface area contributed by atoms with Gasteiger partial charge in [-0.25, -0.2) is 0 Å². The molecule has 2 aliphatic rings. The van der Waals surface area contributed by atoms with Crippen LogP contribution in [-0.2, 0) is 81.6 Å². The van der Waals surface area contributed by atoms with E-state index in [1.807, 2.05) is 91.0 Å². The minimum atomic E-state index is -1.42. The Labute approximate surface area is 324 Å². The summed E-state index contributed by atoms with van der Waals surface area (Å²) in [5, 5.41) is 3.83. The number of azide groups is 1. The third-order valence-corrected chi connectivity index (χ3v) is 8.96. The lowest BCUT2D eigenvalue weighted by atomic mass is 9.96. The second kappa shape index (κ2) is 21.4. The first kappa shape index (κ1) is 42.2. The molecule has 0 unspecified atom stereocenters. The van der Waals surface area contributed by atoms with Crippen LogP contribution in [0.2, 0.25) is 0 Å². The SMILES string of the molecule is CO[C@H]1O[C@H](CO[C@@H]2O[C@H](COC(C)=O)[C@H](OC(C)=O)[C@H](OC(C)=O)[C@H]2N=[N+]=[N-])[C@@H](OCc2ccccc2)[C@H](OCc2ccccc2)[C@H]1OCc1ccccc1. The Morgan fingerprint density at radius 2 is 1.05 bits per heavy atom. The smallest absolute Gasteiger partial charge is 0.303 e. The number of carbonyl (C=O) groups excluding carboxylic acids is 3. The monoisotopic (exact) mass is 777 g/mol. The molecule has 0 N–H and O–H groups in total. The third kappa shape index (κ3) is 12.0. The summed E-state index contributed by atoms with van der Waals surface area (Å²) in [6, 6.07) is 27.5. The van der Waals surface area contributed by atoms with E-state index in [4.69, 9.17) is 47.4 Å². The van der Waals surface area contributed by atoms with Crippen molar-refractivity contribution >= 4 is 17.9 Å². The van der Waals surface area contributed by atoms with Gasteiger partial charge < -0.3 is 47.4 Å². The number of methoxy groups -OCH3 is 1. The minimum Gasteiger partial charge on any atom is -0.463 e. The zero-order valence-corrected chi connectivity index (χ0v) is 31.6. The van der Waals surface area contributed by atoms with Crippen molar-refractivity contribution in [2.75, 3.05) is 20.3 Å². The van der Waals surface area contributed by atoms with Crippen molar-refractivity contribution in [1.29, 1.82) is 0 Å². The zero-order chi connectivity index (χ0) is 39.9. The molecule has 2 saturated heterocycles. The van der Waals surface area contributed by atoms with Crippen molar-refractivity contribution in [3.05, 3.63) is 118 Å². The van der Waals surface area contributed by atoms with E-state index in [1.165, 1.54) is 14.0 Å². The summed E-state index contributed by atoms with van der Waals surface area (Å²) in [7, 11) is 1.49. The van der Waals surface area contributed by atoms with E-state index in [0.29, 0.717) is 0 Å². The predicted molar refractivity (Wildman–Crippen MR) is 196 cm³/mol. The average molecular weight is 778 g/mol. The Balaban J connectivity index is 1.47. The molecule has 0 amide bonds. The van der Waals surface area contributed by atoms with Crippen LogP contribution in [0.5, 0.6) is 0 Å².